The zero-order chi connectivity index (χ0) is 23.5. The maximum atomic E-state index is 12.5. The summed E-state index contributed by atoms with van der Waals surface area (Å²) in [6, 6.07) is 17.5. The van der Waals surface area contributed by atoms with Crippen LogP contribution < -0.4 is 10.2 Å². The molecule has 1 heterocycles. The fourth-order valence-electron chi connectivity index (χ4n) is 3.43. The molecular weight excluding hydrogens is 412 g/mol. The van der Waals surface area contributed by atoms with Gasteiger partial charge in [0.15, 0.2) is 0 Å². The van der Waals surface area contributed by atoms with Crippen LogP contribution in [0.2, 0.25) is 0 Å². The van der Waals surface area contributed by atoms with Crippen molar-refractivity contribution in [2.24, 2.45) is 5.10 Å². The van der Waals surface area contributed by atoms with Gasteiger partial charge in [-0.25, -0.2) is 5.43 Å². The van der Waals surface area contributed by atoms with Crippen LogP contribution in [0.5, 0.6) is 5.75 Å². The number of aromatic nitrogens is 2. The number of aromatic amines is 1. The van der Waals surface area contributed by atoms with Crippen LogP contribution in [0.15, 0.2) is 59.7 Å². The molecule has 33 heavy (non-hydrogen) atoms. The van der Waals surface area contributed by atoms with Gasteiger partial charge in [-0.15, -0.1) is 0 Å². The number of hydrogen-bond donors (Lipinski definition) is 2. The van der Waals surface area contributed by atoms with Crippen LogP contribution in [0.4, 0.5) is 0 Å². The van der Waals surface area contributed by atoms with Crippen molar-refractivity contribution in [2.45, 2.75) is 59.3 Å². The number of unbranched alkanes of at least 4 members (excludes halogenated alkanes) is 5. The Morgan fingerprint density at radius 1 is 1.00 bits per heavy atom. The van der Waals surface area contributed by atoms with E-state index < -0.39 is 0 Å². The number of rotatable bonds is 12. The highest BCUT2D eigenvalue weighted by Gasteiger charge is 2.11. The minimum Gasteiger partial charge on any atom is -0.494 e. The van der Waals surface area contributed by atoms with Gasteiger partial charge in [-0.1, -0.05) is 68.9 Å². The second-order valence-electron chi connectivity index (χ2n) is 8.31. The van der Waals surface area contributed by atoms with Crippen molar-refractivity contribution in [1.29, 1.82) is 0 Å². The number of amides is 1. The van der Waals surface area contributed by atoms with Crippen LogP contribution in [0.3, 0.4) is 0 Å². The van der Waals surface area contributed by atoms with Crippen molar-refractivity contribution in [3.05, 3.63) is 71.4 Å². The smallest absolute Gasteiger partial charge is 0.289 e. The van der Waals surface area contributed by atoms with E-state index in [-0.39, 0.29) is 5.91 Å². The normalized spacial score (nSPS) is 11.4. The summed E-state index contributed by atoms with van der Waals surface area (Å²) in [5.74, 6) is 0.515. The molecule has 0 saturated carbocycles. The molecule has 0 radical (unpaired) electrons. The maximum absolute atomic E-state index is 12.5. The van der Waals surface area contributed by atoms with E-state index in [0.29, 0.717) is 11.4 Å². The predicted molar refractivity (Wildman–Crippen MR) is 134 cm³/mol. The molecule has 0 fully saturated rings. The molecule has 0 bridgehead atoms. The number of nitrogens with one attached hydrogen (secondary N) is 2. The first-order valence-corrected chi connectivity index (χ1v) is 11.8. The third-order valence-corrected chi connectivity index (χ3v) is 5.53. The fraction of sp³-hybridized carbons (Fsp3) is 0.370. The van der Waals surface area contributed by atoms with E-state index in [0.717, 1.165) is 35.6 Å². The lowest BCUT2D eigenvalue weighted by Gasteiger charge is -2.06. The van der Waals surface area contributed by atoms with Crippen molar-refractivity contribution >= 4 is 11.6 Å². The number of hydrazone groups is 1. The summed E-state index contributed by atoms with van der Waals surface area (Å²) in [5, 5.41) is 11.3. The molecule has 6 nitrogen and oxygen atoms in total. The Labute approximate surface area is 196 Å². The number of nitrogens with zero attached hydrogens (tertiary/aromatic N) is 2. The Hall–Kier alpha value is -3.41. The van der Waals surface area contributed by atoms with E-state index in [4.69, 9.17) is 4.74 Å². The molecular formula is C27H34N4O2. The quantitative estimate of drug-likeness (QED) is 0.195. The van der Waals surface area contributed by atoms with Crippen molar-refractivity contribution < 1.29 is 9.53 Å². The predicted octanol–water partition coefficient (Wildman–Crippen LogP) is 6.28. The van der Waals surface area contributed by atoms with Gasteiger partial charge >= 0.3 is 0 Å². The molecule has 0 spiro atoms. The minimum absolute atomic E-state index is 0.334. The Kier molecular flexibility index (Phi) is 9.24. The van der Waals surface area contributed by atoms with Crippen LogP contribution in [-0.4, -0.2) is 28.4 Å². The molecule has 174 valence electrons. The summed E-state index contributed by atoms with van der Waals surface area (Å²) in [5.41, 5.74) is 7.43. The van der Waals surface area contributed by atoms with E-state index in [9.17, 15) is 4.79 Å². The van der Waals surface area contributed by atoms with Crippen molar-refractivity contribution in [2.75, 3.05) is 6.61 Å². The highest BCUT2D eigenvalue weighted by atomic mass is 16.5. The first-order chi connectivity index (χ1) is 16.1. The summed E-state index contributed by atoms with van der Waals surface area (Å²) in [6.07, 6.45) is 7.47. The number of aryl methyl sites for hydroxylation is 1. The van der Waals surface area contributed by atoms with E-state index in [1.807, 2.05) is 62.4 Å². The van der Waals surface area contributed by atoms with Gasteiger partial charge in [0.1, 0.15) is 11.4 Å². The number of H-pyrrole nitrogens is 1. The Balaban J connectivity index is 1.49. The Bertz CT molecular complexity index is 1040. The van der Waals surface area contributed by atoms with Crippen molar-refractivity contribution in [3.63, 3.8) is 0 Å². The van der Waals surface area contributed by atoms with E-state index >= 15 is 0 Å². The largest absolute Gasteiger partial charge is 0.494 e. The number of carbonyl (C=O) groups excluding carboxylic acids is 1. The van der Waals surface area contributed by atoms with Crippen molar-refractivity contribution in [1.82, 2.24) is 15.6 Å². The topological polar surface area (TPSA) is 79.4 Å². The van der Waals surface area contributed by atoms with E-state index in [1.54, 1.807) is 6.07 Å². The summed E-state index contributed by atoms with van der Waals surface area (Å²) in [4.78, 5) is 12.5. The van der Waals surface area contributed by atoms with E-state index in [2.05, 4.69) is 27.6 Å². The molecule has 0 aliphatic heterocycles. The van der Waals surface area contributed by atoms with Gasteiger partial charge in [0.25, 0.3) is 5.91 Å². The van der Waals surface area contributed by atoms with Crippen molar-refractivity contribution in [3.8, 4) is 17.0 Å². The lowest BCUT2D eigenvalue weighted by atomic mass is 10.1. The SMILES string of the molecule is CCCCCCCCOc1ccc(-c2cc(C(=O)N/N=C(\C)c3ccc(C)cc3)[nH]n2)cc1. The number of benzene rings is 2. The molecule has 6 heteroatoms. The van der Waals surface area contributed by atoms with Gasteiger partial charge < -0.3 is 4.74 Å². The average Bonchev–Trinajstić information content (AvgIpc) is 3.33. The number of hydrogen-bond acceptors (Lipinski definition) is 4. The van der Waals surface area contributed by atoms with Gasteiger partial charge in [-0.05, 0) is 56.2 Å². The zero-order valence-corrected chi connectivity index (χ0v) is 19.9. The summed E-state index contributed by atoms with van der Waals surface area (Å²) in [7, 11) is 0. The maximum Gasteiger partial charge on any atom is 0.289 e. The highest BCUT2D eigenvalue weighted by Crippen LogP contribution is 2.21. The molecule has 1 amide bonds. The van der Waals surface area contributed by atoms with Gasteiger partial charge in [0.05, 0.1) is 18.0 Å². The van der Waals surface area contributed by atoms with Crippen LogP contribution in [-0.2, 0) is 0 Å². The van der Waals surface area contributed by atoms with Gasteiger partial charge in [0.2, 0.25) is 0 Å². The Morgan fingerprint density at radius 3 is 2.42 bits per heavy atom. The molecule has 3 rings (SSSR count). The molecule has 0 atom stereocenters. The molecule has 0 saturated heterocycles. The van der Waals surface area contributed by atoms with Crippen LogP contribution in [0, 0.1) is 6.92 Å². The lowest BCUT2D eigenvalue weighted by Crippen LogP contribution is -2.19. The second kappa shape index (κ2) is 12.6. The molecule has 0 aliphatic rings. The van der Waals surface area contributed by atoms with Crippen LogP contribution in [0.25, 0.3) is 11.3 Å². The molecule has 0 unspecified atom stereocenters. The third kappa shape index (κ3) is 7.59. The average molecular weight is 447 g/mol. The number of carbonyl (C=O) groups is 1. The standard InChI is InChI=1S/C27H34N4O2/c1-4-5-6-7-8-9-18-33-24-16-14-23(15-17-24)25-19-26(30-29-25)27(32)31-28-21(3)22-12-10-20(2)11-13-22/h10-17,19H,4-9,18H2,1-3H3,(H,29,30)(H,31,32)/b28-21+. The Morgan fingerprint density at radius 2 is 1.70 bits per heavy atom. The lowest BCUT2D eigenvalue weighted by molar-refractivity contribution is 0.0950. The second-order valence-corrected chi connectivity index (χ2v) is 8.31. The first kappa shape index (κ1) is 24.2. The summed E-state index contributed by atoms with van der Waals surface area (Å²) < 4.78 is 5.84. The zero-order valence-electron chi connectivity index (χ0n) is 19.9. The van der Waals surface area contributed by atoms with Gasteiger partial charge in [-0.3, -0.25) is 9.89 Å². The monoisotopic (exact) mass is 446 g/mol. The highest BCUT2D eigenvalue weighted by molar-refractivity contribution is 6.00. The molecule has 2 N–H and O–H groups in total. The van der Waals surface area contributed by atoms with E-state index in [1.165, 1.54) is 37.7 Å². The molecule has 1 aromatic heterocycles. The fourth-order valence-corrected chi connectivity index (χ4v) is 3.43. The molecule has 0 aliphatic carbocycles. The minimum atomic E-state index is -0.334. The summed E-state index contributed by atoms with van der Waals surface area (Å²) >= 11 is 0. The third-order valence-electron chi connectivity index (χ3n) is 5.53. The van der Waals surface area contributed by atoms with Crippen LogP contribution in [0.1, 0.15) is 74.0 Å². The molecule has 2 aromatic carbocycles. The first-order valence-electron chi connectivity index (χ1n) is 11.8. The summed E-state index contributed by atoms with van der Waals surface area (Å²) in [6.45, 7) is 6.86. The van der Waals surface area contributed by atoms with Crippen LogP contribution >= 0.6 is 0 Å². The van der Waals surface area contributed by atoms with Gasteiger partial charge in [0, 0.05) is 5.56 Å². The molecule has 3 aromatic rings. The van der Waals surface area contributed by atoms with Gasteiger partial charge in [-0.2, -0.15) is 10.2 Å². The number of ether oxygens (including phenoxy) is 1.